The van der Waals surface area contributed by atoms with E-state index in [1.165, 1.54) is 16.2 Å². The molecule has 1 spiro atoms. The molecule has 0 bridgehead atoms. The summed E-state index contributed by atoms with van der Waals surface area (Å²) in [6, 6.07) is 7.49. The van der Waals surface area contributed by atoms with E-state index < -0.39 is 0 Å². The second-order valence-electron chi connectivity index (χ2n) is 8.04. The number of thiophene rings is 1. The Bertz CT molecular complexity index is 1230. The Labute approximate surface area is 181 Å². The topological polar surface area (TPSA) is 59.1 Å². The van der Waals surface area contributed by atoms with Crippen LogP contribution in [0, 0.1) is 5.82 Å². The van der Waals surface area contributed by atoms with Gasteiger partial charge in [0, 0.05) is 41.1 Å². The van der Waals surface area contributed by atoms with Gasteiger partial charge in [0.15, 0.2) is 0 Å². The first-order valence-corrected chi connectivity index (χ1v) is 11.9. The first kappa shape index (κ1) is 18.6. The van der Waals surface area contributed by atoms with Crippen LogP contribution in [-0.2, 0) is 4.74 Å². The van der Waals surface area contributed by atoms with Crippen LogP contribution in [0.25, 0.3) is 20.4 Å². The number of nitrogens with zero attached hydrogens (tertiary/aromatic N) is 2. The maximum atomic E-state index is 14.7. The molecule has 5 nitrogen and oxygen atoms in total. The van der Waals surface area contributed by atoms with E-state index in [0.717, 1.165) is 65.1 Å². The Balaban J connectivity index is 1.38. The first-order chi connectivity index (χ1) is 14.7. The zero-order valence-electron chi connectivity index (χ0n) is 16.3. The van der Waals surface area contributed by atoms with Gasteiger partial charge in [0.05, 0.1) is 27.1 Å². The number of ether oxygens (including phenoxy) is 1. The van der Waals surface area contributed by atoms with Crippen molar-refractivity contribution in [1.29, 1.82) is 0 Å². The zero-order valence-corrected chi connectivity index (χ0v) is 17.9. The van der Waals surface area contributed by atoms with Gasteiger partial charge in [0.25, 0.3) is 0 Å². The first-order valence-electron chi connectivity index (χ1n) is 10.2. The molecule has 1 aromatic carbocycles. The van der Waals surface area contributed by atoms with Crippen molar-refractivity contribution in [3.63, 3.8) is 0 Å². The van der Waals surface area contributed by atoms with Crippen molar-refractivity contribution in [2.45, 2.75) is 30.7 Å². The minimum atomic E-state index is -0.270. The normalized spacial score (nSPS) is 21.0. The van der Waals surface area contributed by atoms with Gasteiger partial charge in [-0.15, -0.1) is 22.7 Å². The van der Waals surface area contributed by atoms with Crippen LogP contribution < -0.4 is 10.6 Å². The Morgan fingerprint density at radius 3 is 2.97 bits per heavy atom. The monoisotopic (exact) mass is 440 g/mol. The lowest BCUT2D eigenvalue weighted by atomic mass is 9.78. The molecule has 2 fully saturated rings. The fraction of sp³-hybridized carbons (Fsp3) is 0.364. The summed E-state index contributed by atoms with van der Waals surface area (Å²) in [4.78, 5) is 11.3. The lowest BCUT2D eigenvalue weighted by molar-refractivity contribution is 0.0397. The van der Waals surface area contributed by atoms with Crippen molar-refractivity contribution < 1.29 is 9.13 Å². The number of nitrogens with one attached hydrogen (secondary N) is 2. The molecule has 0 unspecified atom stereocenters. The average molecular weight is 441 g/mol. The Morgan fingerprint density at radius 1 is 1.17 bits per heavy atom. The maximum Gasteiger partial charge on any atom is 0.148 e. The standard InChI is InChI=1S/C22H21FN4OS2/c23-15-10-20-18(25-12-29-20)11-17(15)27-16-2-5-24-21-13(16)9-19(30-21)14-1-6-26-22(14)3-7-28-8-4-22/h2,5,9-12,14,26H,1,3-4,6-8H2,(H,24,27)/t14-/m0/s1. The second-order valence-corrected chi connectivity index (χ2v) is 9.99. The molecule has 4 aromatic rings. The molecule has 2 aliphatic rings. The Hall–Kier alpha value is -2.13. The highest BCUT2D eigenvalue weighted by molar-refractivity contribution is 7.18. The summed E-state index contributed by atoms with van der Waals surface area (Å²) < 4.78 is 21.1. The molecule has 0 saturated carbocycles. The summed E-state index contributed by atoms with van der Waals surface area (Å²) in [6.07, 6.45) is 5.01. The van der Waals surface area contributed by atoms with E-state index >= 15 is 0 Å². The van der Waals surface area contributed by atoms with E-state index in [9.17, 15) is 4.39 Å². The average Bonchev–Trinajstić information content (AvgIpc) is 3.47. The van der Waals surface area contributed by atoms with Gasteiger partial charge in [-0.25, -0.2) is 14.4 Å². The molecule has 0 aliphatic carbocycles. The minimum Gasteiger partial charge on any atom is -0.381 e. The SMILES string of the molecule is Fc1cc2scnc2cc1Nc1ccnc2sc([C@@H]3CCNC34CCOCC4)cc12. The maximum absolute atomic E-state index is 14.7. The smallest absolute Gasteiger partial charge is 0.148 e. The predicted molar refractivity (Wildman–Crippen MR) is 121 cm³/mol. The van der Waals surface area contributed by atoms with Crippen LogP contribution in [0.5, 0.6) is 0 Å². The lowest BCUT2D eigenvalue weighted by Gasteiger charge is -2.38. The molecular weight excluding hydrogens is 419 g/mol. The lowest BCUT2D eigenvalue weighted by Crippen LogP contribution is -2.48. The fourth-order valence-electron chi connectivity index (χ4n) is 4.90. The molecule has 2 saturated heterocycles. The van der Waals surface area contributed by atoms with E-state index in [4.69, 9.17) is 4.74 Å². The summed E-state index contributed by atoms with van der Waals surface area (Å²) in [5, 5.41) is 8.11. The summed E-state index contributed by atoms with van der Waals surface area (Å²) in [5.74, 6) is 0.199. The van der Waals surface area contributed by atoms with Crippen molar-refractivity contribution in [2.24, 2.45) is 0 Å². The molecule has 0 radical (unpaired) electrons. The fourth-order valence-corrected chi connectivity index (χ4v) is 6.86. The third kappa shape index (κ3) is 3.01. The number of anilines is 2. The van der Waals surface area contributed by atoms with Crippen LogP contribution in [0.2, 0.25) is 0 Å². The number of hydrogen-bond acceptors (Lipinski definition) is 7. The van der Waals surface area contributed by atoms with Crippen LogP contribution in [0.15, 0.2) is 36.0 Å². The summed E-state index contributed by atoms with van der Waals surface area (Å²) >= 11 is 3.20. The molecule has 2 aliphatic heterocycles. The van der Waals surface area contributed by atoms with Crippen LogP contribution in [0.3, 0.4) is 0 Å². The van der Waals surface area contributed by atoms with Gasteiger partial charge in [-0.2, -0.15) is 0 Å². The third-order valence-corrected chi connectivity index (χ3v) is 8.40. The highest BCUT2D eigenvalue weighted by Gasteiger charge is 2.45. The molecule has 1 atom stereocenters. The molecule has 30 heavy (non-hydrogen) atoms. The van der Waals surface area contributed by atoms with Crippen LogP contribution in [0.4, 0.5) is 15.8 Å². The van der Waals surface area contributed by atoms with Crippen molar-refractivity contribution in [1.82, 2.24) is 15.3 Å². The number of aromatic nitrogens is 2. The van der Waals surface area contributed by atoms with Crippen LogP contribution >= 0.6 is 22.7 Å². The van der Waals surface area contributed by atoms with Gasteiger partial charge in [-0.05, 0) is 50.1 Å². The van der Waals surface area contributed by atoms with Gasteiger partial charge >= 0.3 is 0 Å². The van der Waals surface area contributed by atoms with Crippen LogP contribution in [0.1, 0.15) is 30.1 Å². The third-order valence-electron chi connectivity index (χ3n) is 6.45. The number of pyridine rings is 1. The number of fused-ring (bicyclic) bond motifs is 2. The van der Waals surface area contributed by atoms with Gasteiger partial charge in [0.1, 0.15) is 10.6 Å². The van der Waals surface area contributed by atoms with Crippen molar-refractivity contribution in [3.8, 4) is 0 Å². The quantitative estimate of drug-likeness (QED) is 0.446. The van der Waals surface area contributed by atoms with Crippen molar-refractivity contribution in [3.05, 3.63) is 46.7 Å². The summed E-state index contributed by atoms with van der Waals surface area (Å²) in [6.45, 7) is 2.67. The Kier molecular flexibility index (Phi) is 4.49. The summed E-state index contributed by atoms with van der Waals surface area (Å²) in [5.41, 5.74) is 4.00. The molecule has 0 amide bonds. The van der Waals surface area contributed by atoms with E-state index in [0.29, 0.717) is 11.6 Å². The van der Waals surface area contributed by atoms with Crippen molar-refractivity contribution >= 4 is 54.5 Å². The van der Waals surface area contributed by atoms with E-state index in [-0.39, 0.29) is 11.4 Å². The number of halogens is 1. The predicted octanol–water partition coefficient (Wildman–Crippen LogP) is 5.41. The van der Waals surface area contributed by atoms with E-state index in [1.807, 2.05) is 6.07 Å². The molecule has 3 aromatic heterocycles. The van der Waals surface area contributed by atoms with Gasteiger partial charge in [-0.1, -0.05) is 0 Å². The largest absolute Gasteiger partial charge is 0.381 e. The van der Waals surface area contributed by atoms with E-state index in [1.54, 1.807) is 35.2 Å². The van der Waals surface area contributed by atoms with Crippen LogP contribution in [-0.4, -0.2) is 35.3 Å². The molecular formula is C22H21FN4OS2. The highest BCUT2D eigenvalue weighted by atomic mass is 32.1. The van der Waals surface area contributed by atoms with Gasteiger partial charge in [0.2, 0.25) is 0 Å². The minimum absolute atomic E-state index is 0.133. The Morgan fingerprint density at radius 2 is 2.07 bits per heavy atom. The van der Waals surface area contributed by atoms with Gasteiger partial charge < -0.3 is 15.4 Å². The molecule has 6 rings (SSSR count). The number of thiazole rings is 1. The number of hydrogen-bond donors (Lipinski definition) is 2. The molecule has 154 valence electrons. The molecule has 2 N–H and O–H groups in total. The summed E-state index contributed by atoms with van der Waals surface area (Å²) in [7, 11) is 0. The van der Waals surface area contributed by atoms with Gasteiger partial charge in [-0.3, -0.25) is 0 Å². The van der Waals surface area contributed by atoms with Crippen molar-refractivity contribution in [2.75, 3.05) is 25.1 Å². The second kappa shape index (κ2) is 7.23. The molecule has 8 heteroatoms. The molecule has 5 heterocycles. The van der Waals surface area contributed by atoms with E-state index in [2.05, 4.69) is 26.7 Å². The zero-order chi connectivity index (χ0) is 20.1. The highest BCUT2D eigenvalue weighted by Crippen LogP contribution is 2.46. The number of rotatable bonds is 3. The number of benzene rings is 1.